The first-order valence-electron chi connectivity index (χ1n) is 11.2. The van der Waals surface area contributed by atoms with Crippen LogP contribution in [0, 0.1) is 17.8 Å². The summed E-state index contributed by atoms with van der Waals surface area (Å²) in [5, 5.41) is 13.2. The molecule has 0 bridgehead atoms. The van der Waals surface area contributed by atoms with Crippen molar-refractivity contribution in [3.8, 4) is 0 Å². The van der Waals surface area contributed by atoms with Crippen molar-refractivity contribution in [2.45, 2.75) is 85.7 Å². The molecule has 2 N–H and O–H groups in total. The first kappa shape index (κ1) is 27.6. The third-order valence-corrected chi connectivity index (χ3v) is 4.97. The lowest BCUT2D eigenvalue weighted by Gasteiger charge is -2.27. The molecule has 180 valence electrons. The number of ether oxygens (including phenoxy) is 2. The van der Waals surface area contributed by atoms with Gasteiger partial charge in [-0.3, -0.25) is 9.59 Å². The summed E-state index contributed by atoms with van der Waals surface area (Å²) in [6.07, 6.45) is -0.472. The molecule has 0 aromatic heterocycles. The zero-order valence-corrected chi connectivity index (χ0v) is 20.4. The van der Waals surface area contributed by atoms with Crippen LogP contribution >= 0.6 is 0 Å². The van der Waals surface area contributed by atoms with Gasteiger partial charge in [0.25, 0.3) is 0 Å². The number of benzene rings is 1. The van der Waals surface area contributed by atoms with E-state index in [0.29, 0.717) is 5.92 Å². The van der Waals surface area contributed by atoms with E-state index in [1.54, 1.807) is 27.7 Å². The first-order chi connectivity index (χ1) is 14.8. The number of aliphatic hydroxyl groups excluding tert-OH is 1. The molecule has 0 saturated carbocycles. The number of carbonyl (C=O) groups is 3. The van der Waals surface area contributed by atoms with Crippen molar-refractivity contribution in [2.75, 3.05) is 0 Å². The highest BCUT2D eigenvalue weighted by Crippen LogP contribution is 2.21. The molecule has 0 radical (unpaired) electrons. The predicted octanol–water partition coefficient (Wildman–Crippen LogP) is 3.63. The molecule has 4 atom stereocenters. The molecule has 1 aromatic carbocycles. The maximum Gasteiger partial charge on any atom is 0.329 e. The van der Waals surface area contributed by atoms with Crippen LogP contribution in [0.4, 0.5) is 0 Å². The molecule has 7 nitrogen and oxygen atoms in total. The molecule has 4 unspecified atom stereocenters. The largest absolute Gasteiger partial charge is 0.460 e. The highest BCUT2D eigenvalue weighted by molar-refractivity contribution is 5.89. The fourth-order valence-corrected chi connectivity index (χ4v) is 3.41. The van der Waals surface area contributed by atoms with E-state index >= 15 is 0 Å². The number of carbonyl (C=O) groups excluding carboxylic acids is 3. The lowest BCUT2D eigenvalue weighted by Crippen LogP contribution is -2.48. The van der Waals surface area contributed by atoms with Gasteiger partial charge in [0.15, 0.2) is 0 Å². The van der Waals surface area contributed by atoms with E-state index in [4.69, 9.17) is 9.47 Å². The highest BCUT2D eigenvalue weighted by atomic mass is 16.6. The van der Waals surface area contributed by atoms with E-state index in [-0.39, 0.29) is 18.9 Å². The van der Waals surface area contributed by atoms with Crippen molar-refractivity contribution in [1.29, 1.82) is 0 Å². The number of hydrogen-bond acceptors (Lipinski definition) is 6. The number of nitrogens with one attached hydrogen (secondary N) is 1. The summed E-state index contributed by atoms with van der Waals surface area (Å²) >= 11 is 0. The molecule has 0 fully saturated rings. The van der Waals surface area contributed by atoms with Crippen molar-refractivity contribution in [3.05, 3.63) is 35.9 Å². The second-order valence-corrected chi connectivity index (χ2v) is 9.83. The maximum absolute atomic E-state index is 12.8. The summed E-state index contributed by atoms with van der Waals surface area (Å²) in [5.74, 6) is -2.34. The third kappa shape index (κ3) is 10.3. The van der Waals surface area contributed by atoms with Gasteiger partial charge in [-0.05, 0) is 44.6 Å². The normalized spacial score (nSPS) is 15.4. The summed E-state index contributed by atoms with van der Waals surface area (Å²) in [6, 6.07) is 7.90. The molecule has 0 saturated heterocycles. The molecular formula is C25H39NO6. The Balaban J connectivity index is 2.87. The Labute approximate surface area is 191 Å². The van der Waals surface area contributed by atoms with E-state index in [1.807, 2.05) is 51.1 Å². The summed E-state index contributed by atoms with van der Waals surface area (Å²) < 4.78 is 10.6. The molecule has 7 heteroatoms. The molecular weight excluding hydrogens is 410 g/mol. The molecule has 32 heavy (non-hydrogen) atoms. The number of hydrogen-bond donors (Lipinski definition) is 2. The Bertz CT molecular complexity index is 741. The van der Waals surface area contributed by atoms with Crippen LogP contribution in [0.1, 0.15) is 66.9 Å². The van der Waals surface area contributed by atoms with E-state index in [9.17, 15) is 19.5 Å². The molecule has 0 aliphatic carbocycles. The minimum atomic E-state index is -1.21. The van der Waals surface area contributed by atoms with Gasteiger partial charge in [0.05, 0.1) is 18.4 Å². The zero-order chi connectivity index (χ0) is 24.5. The number of esters is 2. The van der Waals surface area contributed by atoms with Gasteiger partial charge in [-0.15, -0.1) is 0 Å². The SMILES string of the molecule is CC(C)CC(C)C(O)C(C)C(=O)NC(CC(=O)OC(C)(C)C)C(=O)OCc1ccccc1. The first-order valence-corrected chi connectivity index (χ1v) is 11.2. The number of amides is 1. The van der Waals surface area contributed by atoms with Crippen molar-refractivity contribution in [2.24, 2.45) is 17.8 Å². The van der Waals surface area contributed by atoms with Gasteiger partial charge in [-0.25, -0.2) is 4.79 Å². The Morgan fingerprint density at radius 2 is 1.62 bits per heavy atom. The summed E-state index contributed by atoms with van der Waals surface area (Å²) in [7, 11) is 0. The molecule has 0 aliphatic heterocycles. The minimum absolute atomic E-state index is 0.0178. The van der Waals surface area contributed by atoms with Crippen molar-refractivity contribution < 1.29 is 29.0 Å². The smallest absolute Gasteiger partial charge is 0.329 e. The monoisotopic (exact) mass is 449 g/mol. The van der Waals surface area contributed by atoms with Gasteiger partial charge in [0.1, 0.15) is 18.2 Å². The van der Waals surface area contributed by atoms with Gasteiger partial charge >= 0.3 is 11.9 Å². The minimum Gasteiger partial charge on any atom is -0.460 e. The topological polar surface area (TPSA) is 102 Å². The standard InChI is InChI=1S/C25H39NO6/c1-16(2)13-17(3)22(28)18(4)23(29)26-20(14-21(27)32-25(5,6)7)24(30)31-15-19-11-9-8-10-12-19/h8-12,16-18,20,22,28H,13-15H2,1-7H3,(H,26,29). The molecule has 0 aliphatic rings. The maximum atomic E-state index is 12.8. The van der Waals surface area contributed by atoms with Crippen LogP contribution in [0.5, 0.6) is 0 Å². The summed E-state index contributed by atoms with van der Waals surface area (Å²) in [6.45, 7) is 12.8. The van der Waals surface area contributed by atoms with Crippen molar-refractivity contribution in [1.82, 2.24) is 5.32 Å². The second kappa shape index (κ2) is 12.6. The van der Waals surface area contributed by atoms with E-state index < -0.39 is 41.5 Å². The van der Waals surface area contributed by atoms with Crippen LogP contribution < -0.4 is 5.32 Å². The Kier molecular flexibility index (Phi) is 10.9. The average Bonchev–Trinajstić information content (AvgIpc) is 2.69. The highest BCUT2D eigenvalue weighted by Gasteiger charge is 2.33. The van der Waals surface area contributed by atoms with E-state index in [2.05, 4.69) is 5.32 Å². The average molecular weight is 450 g/mol. The van der Waals surface area contributed by atoms with Crippen LogP contribution in [0.25, 0.3) is 0 Å². The van der Waals surface area contributed by atoms with Gasteiger partial charge < -0.3 is 19.9 Å². The fourth-order valence-electron chi connectivity index (χ4n) is 3.41. The fraction of sp³-hybridized carbons (Fsp3) is 0.640. The summed E-state index contributed by atoms with van der Waals surface area (Å²) in [4.78, 5) is 37.8. The van der Waals surface area contributed by atoms with Gasteiger partial charge in [0, 0.05) is 0 Å². The lowest BCUT2D eigenvalue weighted by molar-refractivity contribution is -0.161. The Morgan fingerprint density at radius 1 is 1.03 bits per heavy atom. The van der Waals surface area contributed by atoms with Crippen LogP contribution in [-0.2, 0) is 30.5 Å². The molecule has 0 spiro atoms. The quantitative estimate of drug-likeness (QED) is 0.500. The Hall–Kier alpha value is -2.41. The van der Waals surface area contributed by atoms with E-state index in [0.717, 1.165) is 12.0 Å². The molecule has 1 aromatic rings. The second-order valence-electron chi connectivity index (χ2n) is 9.83. The predicted molar refractivity (Wildman–Crippen MR) is 122 cm³/mol. The Morgan fingerprint density at radius 3 is 2.16 bits per heavy atom. The zero-order valence-electron chi connectivity index (χ0n) is 20.4. The van der Waals surface area contributed by atoms with Crippen LogP contribution in [-0.4, -0.2) is 40.7 Å². The van der Waals surface area contributed by atoms with Crippen LogP contribution in [0.3, 0.4) is 0 Å². The van der Waals surface area contributed by atoms with Crippen molar-refractivity contribution >= 4 is 17.8 Å². The van der Waals surface area contributed by atoms with Crippen LogP contribution in [0.2, 0.25) is 0 Å². The van der Waals surface area contributed by atoms with Crippen LogP contribution in [0.15, 0.2) is 30.3 Å². The number of aliphatic hydroxyl groups is 1. The van der Waals surface area contributed by atoms with Crippen molar-refractivity contribution in [3.63, 3.8) is 0 Å². The van der Waals surface area contributed by atoms with Gasteiger partial charge in [-0.2, -0.15) is 0 Å². The molecule has 1 rings (SSSR count). The molecule has 0 heterocycles. The number of rotatable bonds is 11. The molecule has 1 amide bonds. The van der Waals surface area contributed by atoms with Gasteiger partial charge in [0.2, 0.25) is 5.91 Å². The third-order valence-electron chi connectivity index (χ3n) is 4.97. The van der Waals surface area contributed by atoms with E-state index in [1.165, 1.54) is 0 Å². The van der Waals surface area contributed by atoms with Gasteiger partial charge in [-0.1, -0.05) is 58.0 Å². The summed E-state index contributed by atoms with van der Waals surface area (Å²) in [5.41, 5.74) is 0.0597. The lowest BCUT2D eigenvalue weighted by atomic mass is 9.87.